The highest BCUT2D eigenvalue weighted by Crippen LogP contribution is 2.12. The highest BCUT2D eigenvalue weighted by molar-refractivity contribution is 5.98. The van der Waals surface area contributed by atoms with Gasteiger partial charge >= 0.3 is 0 Å². The summed E-state index contributed by atoms with van der Waals surface area (Å²) in [4.78, 5) is 0. The van der Waals surface area contributed by atoms with Gasteiger partial charge in [-0.25, -0.2) is 0 Å². The highest BCUT2D eigenvalue weighted by Gasteiger charge is 1.96. The molecular weight excluding hydrogens is 164 g/mol. The summed E-state index contributed by atoms with van der Waals surface area (Å²) in [5, 5.41) is 3.59. The zero-order valence-electron chi connectivity index (χ0n) is 7.53. The molecule has 0 aromatic heterocycles. The van der Waals surface area contributed by atoms with Crippen LogP contribution in [0.4, 0.5) is 0 Å². The Morgan fingerprint density at radius 2 is 2.08 bits per heavy atom. The topological polar surface area (TPSA) is 47.6 Å². The summed E-state index contributed by atoms with van der Waals surface area (Å²) in [5.41, 5.74) is 1.78. The molecule has 1 aromatic carbocycles. The SMILES string of the molecule is C=COc1ccc(/C(C)=N\N)cc1. The van der Waals surface area contributed by atoms with Crippen molar-refractivity contribution in [3.8, 4) is 5.75 Å². The van der Waals surface area contributed by atoms with Crippen molar-refractivity contribution in [2.75, 3.05) is 0 Å². The molecule has 0 saturated carbocycles. The van der Waals surface area contributed by atoms with Crippen molar-refractivity contribution in [3.63, 3.8) is 0 Å². The lowest BCUT2D eigenvalue weighted by Crippen LogP contribution is -1.98. The quantitative estimate of drug-likeness (QED) is 0.331. The zero-order chi connectivity index (χ0) is 9.68. The van der Waals surface area contributed by atoms with Crippen LogP contribution in [0.25, 0.3) is 0 Å². The Bertz CT molecular complexity index is 314. The predicted octanol–water partition coefficient (Wildman–Crippen LogP) is 1.89. The second-order valence-electron chi connectivity index (χ2n) is 2.52. The van der Waals surface area contributed by atoms with Crippen molar-refractivity contribution >= 4 is 5.71 Å². The smallest absolute Gasteiger partial charge is 0.126 e. The third kappa shape index (κ3) is 2.33. The fourth-order valence-electron chi connectivity index (χ4n) is 0.945. The number of nitrogens with two attached hydrogens (primary N) is 1. The van der Waals surface area contributed by atoms with Crippen LogP contribution >= 0.6 is 0 Å². The van der Waals surface area contributed by atoms with Crippen molar-refractivity contribution in [1.29, 1.82) is 0 Å². The first-order chi connectivity index (χ1) is 6.27. The molecule has 1 aromatic rings. The van der Waals surface area contributed by atoms with Gasteiger partial charge in [-0.2, -0.15) is 5.10 Å². The first kappa shape index (κ1) is 9.32. The molecular formula is C10H12N2O. The third-order valence-electron chi connectivity index (χ3n) is 1.69. The molecule has 0 amide bonds. The van der Waals surface area contributed by atoms with E-state index in [4.69, 9.17) is 10.6 Å². The molecule has 0 spiro atoms. The summed E-state index contributed by atoms with van der Waals surface area (Å²) >= 11 is 0. The molecule has 0 saturated heterocycles. The van der Waals surface area contributed by atoms with E-state index in [1.165, 1.54) is 6.26 Å². The zero-order valence-corrected chi connectivity index (χ0v) is 7.53. The molecule has 0 aliphatic rings. The standard InChI is InChI=1S/C10H12N2O/c1-3-13-10-6-4-9(5-7-10)8(2)12-11/h3-7H,1,11H2,2H3/b12-8-. The van der Waals surface area contributed by atoms with Crippen LogP contribution < -0.4 is 10.6 Å². The molecule has 3 nitrogen and oxygen atoms in total. The molecule has 3 heteroatoms. The predicted molar refractivity (Wildman–Crippen MR) is 53.7 cm³/mol. The average Bonchev–Trinajstić information content (AvgIpc) is 2.18. The fourth-order valence-corrected chi connectivity index (χ4v) is 0.945. The van der Waals surface area contributed by atoms with Gasteiger partial charge < -0.3 is 10.6 Å². The highest BCUT2D eigenvalue weighted by atomic mass is 16.5. The maximum Gasteiger partial charge on any atom is 0.126 e. The second kappa shape index (κ2) is 4.30. The lowest BCUT2D eigenvalue weighted by atomic mass is 10.1. The summed E-state index contributed by atoms with van der Waals surface area (Å²) in [6.07, 6.45) is 1.39. The molecule has 13 heavy (non-hydrogen) atoms. The number of rotatable bonds is 3. The van der Waals surface area contributed by atoms with Gasteiger partial charge in [0.1, 0.15) is 5.75 Å². The van der Waals surface area contributed by atoms with Gasteiger partial charge in [0.15, 0.2) is 0 Å². The minimum atomic E-state index is 0.753. The van der Waals surface area contributed by atoms with Gasteiger partial charge in [-0.05, 0) is 36.8 Å². The van der Waals surface area contributed by atoms with Gasteiger partial charge in [0.2, 0.25) is 0 Å². The summed E-state index contributed by atoms with van der Waals surface area (Å²) < 4.78 is 5.07. The van der Waals surface area contributed by atoms with Crippen molar-refractivity contribution in [1.82, 2.24) is 0 Å². The lowest BCUT2D eigenvalue weighted by Gasteiger charge is -2.01. The van der Waals surface area contributed by atoms with Crippen molar-refractivity contribution < 1.29 is 4.74 Å². The normalized spacial score (nSPS) is 11.0. The number of ether oxygens (including phenoxy) is 1. The molecule has 0 atom stereocenters. The monoisotopic (exact) mass is 176 g/mol. The van der Waals surface area contributed by atoms with E-state index in [2.05, 4.69) is 11.7 Å². The molecule has 2 N–H and O–H groups in total. The lowest BCUT2D eigenvalue weighted by molar-refractivity contribution is 0.483. The van der Waals surface area contributed by atoms with E-state index >= 15 is 0 Å². The largest absolute Gasteiger partial charge is 0.466 e. The van der Waals surface area contributed by atoms with Crippen molar-refractivity contribution in [2.45, 2.75) is 6.92 Å². The van der Waals surface area contributed by atoms with Crippen LogP contribution in [0.15, 0.2) is 42.2 Å². The minimum absolute atomic E-state index is 0.753. The summed E-state index contributed by atoms with van der Waals surface area (Å²) in [6, 6.07) is 7.46. The molecule has 0 unspecified atom stereocenters. The Morgan fingerprint density at radius 3 is 2.54 bits per heavy atom. The van der Waals surface area contributed by atoms with E-state index in [1.807, 2.05) is 31.2 Å². The number of hydrazone groups is 1. The van der Waals surface area contributed by atoms with Crippen LogP contribution in [0, 0.1) is 0 Å². The number of hydrogen-bond donors (Lipinski definition) is 1. The van der Waals surface area contributed by atoms with Crippen LogP contribution in [-0.2, 0) is 0 Å². The van der Waals surface area contributed by atoms with E-state index in [-0.39, 0.29) is 0 Å². The number of hydrogen-bond acceptors (Lipinski definition) is 3. The first-order valence-electron chi connectivity index (χ1n) is 3.90. The molecule has 68 valence electrons. The van der Waals surface area contributed by atoms with Crippen LogP contribution in [0.3, 0.4) is 0 Å². The molecule has 0 radical (unpaired) electrons. The summed E-state index contributed by atoms with van der Waals surface area (Å²) in [5.74, 6) is 5.89. The van der Waals surface area contributed by atoms with E-state index < -0.39 is 0 Å². The Hall–Kier alpha value is -1.77. The molecule has 0 fully saturated rings. The fraction of sp³-hybridized carbons (Fsp3) is 0.100. The molecule has 0 aliphatic heterocycles. The number of nitrogens with zero attached hydrogens (tertiary/aromatic N) is 1. The Balaban J connectivity index is 2.87. The summed E-state index contributed by atoms with van der Waals surface area (Å²) in [7, 11) is 0. The Morgan fingerprint density at radius 1 is 1.46 bits per heavy atom. The van der Waals surface area contributed by atoms with E-state index in [1.54, 1.807) is 0 Å². The Kier molecular flexibility index (Phi) is 3.09. The average molecular weight is 176 g/mol. The van der Waals surface area contributed by atoms with Crippen molar-refractivity contribution in [3.05, 3.63) is 42.7 Å². The van der Waals surface area contributed by atoms with Gasteiger partial charge in [0, 0.05) is 0 Å². The molecule has 1 rings (SSSR count). The molecule has 0 bridgehead atoms. The van der Waals surface area contributed by atoms with E-state index in [9.17, 15) is 0 Å². The van der Waals surface area contributed by atoms with E-state index in [0.29, 0.717) is 0 Å². The second-order valence-corrected chi connectivity index (χ2v) is 2.52. The maximum atomic E-state index is 5.14. The van der Waals surface area contributed by atoms with Crippen LogP contribution in [0.2, 0.25) is 0 Å². The van der Waals surface area contributed by atoms with Gasteiger partial charge in [-0.3, -0.25) is 0 Å². The van der Waals surface area contributed by atoms with Crippen LogP contribution in [-0.4, -0.2) is 5.71 Å². The Labute approximate surface area is 77.5 Å². The molecule has 0 heterocycles. The maximum absolute atomic E-state index is 5.14. The van der Waals surface area contributed by atoms with Gasteiger partial charge in [0.25, 0.3) is 0 Å². The third-order valence-corrected chi connectivity index (χ3v) is 1.69. The van der Waals surface area contributed by atoms with Gasteiger partial charge in [-0.15, -0.1) is 0 Å². The minimum Gasteiger partial charge on any atom is -0.466 e. The van der Waals surface area contributed by atoms with Crippen LogP contribution in [0.1, 0.15) is 12.5 Å². The van der Waals surface area contributed by atoms with Crippen molar-refractivity contribution in [2.24, 2.45) is 10.9 Å². The number of benzene rings is 1. The van der Waals surface area contributed by atoms with Gasteiger partial charge in [-0.1, -0.05) is 6.58 Å². The first-order valence-corrected chi connectivity index (χ1v) is 3.90. The van der Waals surface area contributed by atoms with Crippen LogP contribution in [0.5, 0.6) is 5.75 Å². The van der Waals surface area contributed by atoms with E-state index in [0.717, 1.165) is 17.0 Å². The van der Waals surface area contributed by atoms with Gasteiger partial charge in [0.05, 0.1) is 12.0 Å². The molecule has 0 aliphatic carbocycles. The summed E-state index contributed by atoms with van der Waals surface area (Å²) in [6.45, 7) is 5.31.